The number of hydrogen-bond acceptors (Lipinski definition) is 3. The van der Waals surface area contributed by atoms with Crippen molar-refractivity contribution in [2.24, 2.45) is 0 Å². The van der Waals surface area contributed by atoms with E-state index in [4.69, 9.17) is 0 Å². The van der Waals surface area contributed by atoms with E-state index in [-0.39, 0.29) is 0 Å². The molecule has 0 saturated carbocycles. The molecule has 0 saturated heterocycles. The average molecular weight is 247 g/mol. The monoisotopic (exact) mass is 247 g/mol. The summed E-state index contributed by atoms with van der Waals surface area (Å²) in [6, 6.07) is 2.43. The maximum Gasteiger partial charge on any atom is 0.0759 e. The zero-order valence-corrected chi connectivity index (χ0v) is 11.5. The maximum absolute atomic E-state index is 4.33. The van der Waals surface area contributed by atoms with Gasteiger partial charge in [-0.3, -0.25) is 9.36 Å². The maximum atomic E-state index is 4.33. The lowest BCUT2D eigenvalue weighted by Gasteiger charge is -2.12. The van der Waals surface area contributed by atoms with Gasteiger partial charge in [0.2, 0.25) is 0 Å². The van der Waals surface area contributed by atoms with E-state index in [9.17, 15) is 0 Å². The first-order chi connectivity index (χ1) is 8.63. The van der Waals surface area contributed by atoms with Gasteiger partial charge in [0, 0.05) is 18.8 Å². The lowest BCUT2D eigenvalue weighted by molar-refractivity contribution is 0.512. The molecule has 0 spiro atoms. The number of anilines is 1. The summed E-state index contributed by atoms with van der Waals surface area (Å²) in [5, 5.41) is 12.1. The molecule has 0 amide bonds. The lowest BCUT2D eigenvalue weighted by atomic mass is 10.3. The molecule has 98 valence electrons. The molecule has 0 aromatic carbocycles. The molecule has 2 heterocycles. The summed E-state index contributed by atoms with van der Waals surface area (Å²) in [6.07, 6.45) is 3.73. The Hall–Kier alpha value is -1.78. The highest BCUT2D eigenvalue weighted by Gasteiger charge is 2.08. The highest BCUT2D eigenvalue weighted by Crippen LogP contribution is 2.15. The molecular weight excluding hydrogens is 226 g/mol. The molecular formula is C13H21N5. The van der Waals surface area contributed by atoms with Crippen LogP contribution in [0.4, 0.5) is 5.69 Å². The standard InChI is InChI=1S/C13H21N5/c1-5-17-11(4)13(9-16-17)14-8-12-6-7-15-18(12)10(2)3/h6-7,9-10,14H,5,8H2,1-4H3. The Morgan fingerprint density at radius 3 is 2.72 bits per heavy atom. The molecule has 5 heteroatoms. The van der Waals surface area contributed by atoms with E-state index >= 15 is 0 Å². The third-order valence-corrected chi connectivity index (χ3v) is 3.10. The fourth-order valence-electron chi connectivity index (χ4n) is 2.07. The fourth-order valence-corrected chi connectivity index (χ4v) is 2.07. The van der Waals surface area contributed by atoms with Gasteiger partial charge in [-0.25, -0.2) is 0 Å². The summed E-state index contributed by atoms with van der Waals surface area (Å²) in [5.41, 5.74) is 3.45. The number of aromatic nitrogens is 4. The molecule has 0 bridgehead atoms. The van der Waals surface area contributed by atoms with Crippen LogP contribution in [-0.2, 0) is 13.1 Å². The zero-order chi connectivity index (χ0) is 13.1. The van der Waals surface area contributed by atoms with Gasteiger partial charge in [0.1, 0.15) is 0 Å². The number of hydrogen-bond donors (Lipinski definition) is 1. The van der Waals surface area contributed by atoms with Gasteiger partial charge in [-0.05, 0) is 33.8 Å². The van der Waals surface area contributed by atoms with Crippen molar-refractivity contribution in [2.75, 3.05) is 5.32 Å². The van der Waals surface area contributed by atoms with Crippen LogP contribution in [0.1, 0.15) is 38.2 Å². The van der Waals surface area contributed by atoms with E-state index in [0.29, 0.717) is 6.04 Å². The number of aryl methyl sites for hydroxylation is 1. The van der Waals surface area contributed by atoms with Gasteiger partial charge in [-0.15, -0.1) is 0 Å². The van der Waals surface area contributed by atoms with Crippen molar-refractivity contribution in [1.82, 2.24) is 19.6 Å². The first kappa shape index (κ1) is 12.7. The Bertz CT molecular complexity index is 509. The smallest absolute Gasteiger partial charge is 0.0759 e. The topological polar surface area (TPSA) is 47.7 Å². The van der Waals surface area contributed by atoms with Crippen LogP contribution >= 0.6 is 0 Å². The van der Waals surface area contributed by atoms with E-state index in [1.165, 1.54) is 11.4 Å². The van der Waals surface area contributed by atoms with Gasteiger partial charge in [-0.2, -0.15) is 10.2 Å². The van der Waals surface area contributed by atoms with Crippen molar-refractivity contribution in [3.05, 3.63) is 29.8 Å². The quantitative estimate of drug-likeness (QED) is 0.883. The largest absolute Gasteiger partial charge is 0.377 e. The average Bonchev–Trinajstić information content (AvgIpc) is 2.93. The third-order valence-electron chi connectivity index (χ3n) is 3.10. The van der Waals surface area contributed by atoms with Crippen LogP contribution in [0.2, 0.25) is 0 Å². The highest BCUT2D eigenvalue weighted by molar-refractivity contribution is 5.45. The SMILES string of the molecule is CCn1ncc(NCc2ccnn2C(C)C)c1C. The Morgan fingerprint density at radius 2 is 2.11 bits per heavy atom. The molecule has 0 unspecified atom stereocenters. The summed E-state index contributed by atoms with van der Waals surface area (Å²) in [5.74, 6) is 0. The van der Waals surface area contributed by atoms with Crippen molar-refractivity contribution in [2.45, 2.75) is 46.8 Å². The van der Waals surface area contributed by atoms with Crippen LogP contribution in [-0.4, -0.2) is 19.6 Å². The fraction of sp³-hybridized carbons (Fsp3) is 0.538. The Morgan fingerprint density at radius 1 is 1.33 bits per heavy atom. The minimum atomic E-state index is 0.385. The summed E-state index contributed by atoms with van der Waals surface area (Å²) >= 11 is 0. The minimum absolute atomic E-state index is 0.385. The van der Waals surface area contributed by atoms with Gasteiger partial charge < -0.3 is 5.32 Å². The first-order valence-corrected chi connectivity index (χ1v) is 6.42. The second kappa shape index (κ2) is 5.25. The predicted octanol–water partition coefficient (Wildman–Crippen LogP) is 2.60. The van der Waals surface area contributed by atoms with E-state index in [0.717, 1.165) is 18.8 Å². The summed E-state index contributed by atoms with van der Waals surface area (Å²) in [4.78, 5) is 0. The van der Waals surface area contributed by atoms with Crippen LogP contribution < -0.4 is 5.32 Å². The Labute approximate surface area is 108 Å². The van der Waals surface area contributed by atoms with Crippen LogP contribution in [0.3, 0.4) is 0 Å². The van der Waals surface area contributed by atoms with Crippen molar-refractivity contribution in [3.63, 3.8) is 0 Å². The summed E-state index contributed by atoms with van der Waals surface area (Å²) < 4.78 is 4.02. The van der Waals surface area contributed by atoms with E-state index < -0.39 is 0 Å². The van der Waals surface area contributed by atoms with Crippen molar-refractivity contribution < 1.29 is 0 Å². The molecule has 5 nitrogen and oxygen atoms in total. The molecule has 0 atom stereocenters. The molecule has 2 aromatic heterocycles. The van der Waals surface area contributed by atoms with E-state index in [2.05, 4.69) is 43.2 Å². The Kier molecular flexibility index (Phi) is 3.69. The molecule has 2 aromatic rings. The summed E-state index contributed by atoms with van der Waals surface area (Å²) in [6.45, 7) is 10.1. The van der Waals surface area contributed by atoms with Gasteiger partial charge in [0.25, 0.3) is 0 Å². The van der Waals surface area contributed by atoms with E-state index in [1.807, 2.05) is 27.8 Å². The predicted molar refractivity (Wildman–Crippen MR) is 72.6 cm³/mol. The first-order valence-electron chi connectivity index (χ1n) is 6.42. The van der Waals surface area contributed by atoms with Gasteiger partial charge in [-0.1, -0.05) is 0 Å². The van der Waals surface area contributed by atoms with Gasteiger partial charge in [0.15, 0.2) is 0 Å². The number of nitrogens with one attached hydrogen (secondary N) is 1. The molecule has 1 N–H and O–H groups in total. The lowest BCUT2D eigenvalue weighted by Crippen LogP contribution is -2.11. The molecule has 18 heavy (non-hydrogen) atoms. The van der Waals surface area contributed by atoms with E-state index in [1.54, 1.807) is 0 Å². The Balaban J connectivity index is 2.07. The highest BCUT2D eigenvalue weighted by atomic mass is 15.3. The molecule has 0 radical (unpaired) electrons. The van der Waals surface area contributed by atoms with Crippen LogP contribution in [0.15, 0.2) is 18.5 Å². The molecule has 0 aliphatic heterocycles. The molecule has 0 aliphatic rings. The van der Waals surface area contributed by atoms with Crippen molar-refractivity contribution in [3.8, 4) is 0 Å². The minimum Gasteiger partial charge on any atom is -0.377 e. The van der Waals surface area contributed by atoms with Gasteiger partial charge >= 0.3 is 0 Å². The number of nitrogens with zero attached hydrogens (tertiary/aromatic N) is 4. The molecule has 2 rings (SSSR count). The second-order valence-electron chi connectivity index (χ2n) is 4.67. The second-order valence-corrected chi connectivity index (χ2v) is 4.67. The number of rotatable bonds is 5. The molecule has 0 aliphatic carbocycles. The normalized spacial score (nSPS) is 11.2. The van der Waals surface area contributed by atoms with Crippen LogP contribution in [0.25, 0.3) is 0 Å². The van der Waals surface area contributed by atoms with Gasteiger partial charge in [0.05, 0.1) is 29.8 Å². The van der Waals surface area contributed by atoms with Crippen molar-refractivity contribution in [1.29, 1.82) is 0 Å². The molecule has 0 fully saturated rings. The third kappa shape index (κ3) is 2.39. The summed E-state index contributed by atoms with van der Waals surface area (Å²) in [7, 11) is 0. The van der Waals surface area contributed by atoms with Crippen molar-refractivity contribution >= 4 is 5.69 Å². The van der Waals surface area contributed by atoms with Crippen LogP contribution in [0, 0.1) is 6.92 Å². The van der Waals surface area contributed by atoms with Crippen LogP contribution in [0.5, 0.6) is 0 Å². The zero-order valence-electron chi connectivity index (χ0n) is 11.5.